The molecular formula is C22H38O3Si. The molecule has 0 bridgehead atoms. The lowest BCUT2D eigenvalue weighted by atomic mass is 10.1. The van der Waals surface area contributed by atoms with Crippen molar-refractivity contribution in [2.75, 3.05) is 7.11 Å². The molecule has 0 aromatic carbocycles. The molecule has 0 saturated heterocycles. The van der Waals surface area contributed by atoms with E-state index in [4.69, 9.17) is 4.43 Å². The van der Waals surface area contributed by atoms with Crippen molar-refractivity contribution in [2.45, 2.75) is 90.0 Å². The highest BCUT2D eigenvalue weighted by atomic mass is 28.4. The summed E-state index contributed by atoms with van der Waals surface area (Å²) in [7, 11) is -0.163. The van der Waals surface area contributed by atoms with Gasteiger partial charge in [-0.2, -0.15) is 0 Å². The van der Waals surface area contributed by atoms with E-state index in [2.05, 4.69) is 48.9 Å². The Morgan fingerprint density at radius 1 is 1.08 bits per heavy atom. The standard InChI is InChI=1S/C22H38O3Si/c1-6-7-8-9-10-11-12-15-18-21(25-26(3,4)5)19-16-13-14-17-20-22(23)24-2/h6,11-12,21H,1,7-10,13-14,16-17,19-20H2,2-5H3. The van der Waals surface area contributed by atoms with Crippen molar-refractivity contribution in [3.05, 3.63) is 24.8 Å². The largest absolute Gasteiger partial charge is 0.469 e. The minimum Gasteiger partial charge on any atom is -0.469 e. The lowest BCUT2D eigenvalue weighted by Gasteiger charge is -2.22. The first kappa shape index (κ1) is 24.7. The van der Waals surface area contributed by atoms with Crippen LogP contribution in [-0.4, -0.2) is 27.5 Å². The van der Waals surface area contributed by atoms with Gasteiger partial charge in [0.1, 0.15) is 6.10 Å². The predicted octanol–water partition coefficient (Wildman–Crippen LogP) is 6.03. The first-order valence-electron chi connectivity index (χ1n) is 9.90. The minimum absolute atomic E-state index is 0.0210. The molecule has 0 rings (SSSR count). The van der Waals surface area contributed by atoms with E-state index < -0.39 is 8.32 Å². The number of hydrogen-bond acceptors (Lipinski definition) is 3. The normalized spacial score (nSPS) is 12.5. The Morgan fingerprint density at radius 3 is 2.42 bits per heavy atom. The summed E-state index contributed by atoms with van der Waals surface area (Å²) in [5.41, 5.74) is 0. The van der Waals surface area contributed by atoms with Gasteiger partial charge < -0.3 is 9.16 Å². The number of methoxy groups -OCH3 is 1. The van der Waals surface area contributed by atoms with Gasteiger partial charge >= 0.3 is 5.97 Å². The number of hydrogen-bond donors (Lipinski definition) is 0. The zero-order chi connectivity index (χ0) is 19.7. The summed E-state index contributed by atoms with van der Waals surface area (Å²) in [5, 5.41) is 0. The molecule has 0 N–H and O–H groups in total. The Kier molecular flexibility index (Phi) is 15.1. The van der Waals surface area contributed by atoms with Crippen molar-refractivity contribution in [2.24, 2.45) is 0 Å². The van der Waals surface area contributed by atoms with Crippen molar-refractivity contribution in [1.82, 2.24) is 0 Å². The van der Waals surface area contributed by atoms with Gasteiger partial charge in [0, 0.05) is 6.42 Å². The van der Waals surface area contributed by atoms with Crippen LogP contribution in [0.3, 0.4) is 0 Å². The summed E-state index contributed by atoms with van der Waals surface area (Å²) in [5.74, 6) is 6.32. The van der Waals surface area contributed by atoms with Crippen molar-refractivity contribution in [3.63, 3.8) is 0 Å². The molecule has 1 atom stereocenters. The van der Waals surface area contributed by atoms with Crippen molar-refractivity contribution in [3.8, 4) is 11.8 Å². The third kappa shape index (κ3) is 17.5. The number of carbonyl (C=O) groups excluding carboxylic acids is 1. The van der Waals surface area contributed by atoms with E-state index in [0.717, 1.165) is 44.9 Å². The molecule has 0 aliphatic rings. The van der Waals surface area contributed by atoms with Crippen LogP contribution in [0.25, 0.3) is 0 Å². The third-order valence-electron chi connectivity index (χ3n) is 3.80. The summed E-state index contributed by atoms with van der Waals surface area (Å²) in [6, 6.07) is 0. The highest BCUT2D eigenvalue weighted by Gasteiger charge is 2.19. The van der Waals surface area contributed by atoms with Gasteiger partial charge in [-0.1, -0.05) is 36.8 Å². The zero-order valence-electron chi connectivity index (χ0n) is 17.3. The summed E-state index contributed by atoms with van der Waals surface area (Å²) < 4.78 is 10.9. The maximum Gasteiger partial charge on any atom is 0.305 e. The predicted molar refractivity (Wildman–Crippen MR) is 114 cm³/mol. The fraction of sp³-hybridized carbons (Fsp3) is 0.682. The Balaban J connectivity index is 4.16. The van der Waals surface area contributed by atoms with E-state index in [1.54, 1.807) is 0 Å². The van der Waals surface area contributed by atoms with E-state index in [0.29, 0.717) is 6.42 Å². The number of allylic oxidation sites excluding steroid dienone is 3. The van der Waals surface area contributed by atoms with Crippen LogP contribution >= 0.6 is 0 Å². The van der Waals surface area contributed by atoms with Crippen LogP contribution in [0.2, 0.25) is 19.6 Å². The molecule has 4 heteroatoms. The highest BCUT2D eigenvalue weighted by molar-refractivity contribution is 6.69. The SMILES string of the molecule is C=CCCCCC=CC#CC(CCCCCCC(=O)OC)O[Si](C)(C)C. The molecule has 0 radical (unpaired) electrons. The smallest absolute Gasteiger partial charge is 0.305 e. The van der Waals surface area contributed by atoms with Crippen LogP contribution in [-0.2, 0) is 14.0 Å². The monoisotopic (exact) mass is 378 g/mol. The zero-order valence-corrected chi connectivity index (χ0v) is 18.3. The highest BCUT2D eigenvalue weighted by Crippen LogP contribution is 2.14. The molecule has 0 aromatic heterocycles. The molecule has 0 aliphatic carbocycles. The molecule has 0 spiro atoms. The molecular weight excluding hydrogens is 340 g/mol. The topological polar surface area (TPSA) is 35.5 Å². The lowest BCUT2D eigenvalue weighted by molar-refractivity contribution is -0.140. The maximum absolute atomic E-state index is 11.1. The number of esters is 1. The van der Waals surface area contributed by atoms with E-state index in [1.165, 1.54) is 20.0 Å². The Labute approximate surface area is 162 Å². The van der Waals surface area contributed by atoms with Crippen LogP contribution in [0.5, 0.6) is 0 Å². The fourth-order valence-electron chi connectivity index (χ4n) is 2.48. The second kappa shape index (κ2) is 15.9. The molecule has 148 valence electrons. The number of carbonyl (C=O) groups is 1. The van der Waals surface area contributed by atoms with Gasteiger partial charge in [0.05, 0.1) is 7.11 Å². The fourth-order valence-corrected chi connectivity index (χ4v) is 3.51. The van der Waals surface area contributed by atoms with Crippen molar-refractivity contribution >= 4 is 14.3 Å². The van der Waals surface area contributed by atoms with Gasteiger partial charge in [0.2, 0.25) is 0 Å². The van der Waals surface area contributed by atoms with Crippen LogP contribution < -0.4 is 0 Å². The average Bonchev–Trinajstić information content (AvgIpc) is 2.58. The minimum atomic E-state index is -1.60. The molecule has 0 amide bonds. The van der Waals surface area contributed by atoms with Crippen LogP contribution in [0, 0.1) is 11.8 Å². The molecule has 26 heavy (non-hydrogen) atoms. The average molecular weight is 379 g/mol. The Bertz CT molecular complexity index is 466. The number of unbranched alkanes of at least 4 members (excludes halogenated alkanes) is 6. The van der Waals surface area contributed by atoms with Crippen molar-refractivity contribution in [1.29, 1.82) is 0 Å². The van der Waals surface area contributed by atoms with Crippen LogP contribution in [0.1, 0.15) is 64.2 Å². The maximum atomic E-state index is 11.1. The molecule has 1 unspecified atom stereocenters. The van der Waals surface area contributed by atoms with Gasteiger partial charge in [0.25, 0.3) is 0 Å². The van der Waals surface area contributed by atoms with Gasteiger partial charge in [-0.3, -0.25) is 4.79 Å². The van der Waals surface area contributed by atoms with Gasteiger partial charge in [0.15, 0.2) is 8.32 Å². The van der Waals surface area contributed by atoms with Crippen molar-refractivity contribution < 1.29 is 14.0 Å². The third-order valence-corrected chi connectivity index (χ3v) is 4.79. The second-order valence-electron chi connectivity index (χ2n) is 7.51. The Morgan fingerprint density at radius 2 is 1.77 bits per heavy atom. The van der Waals surface area contributed by atoms with E-state index in [-0.39, 0.29) is 12.1 Å². The summed E-state index contributed by atoms with van der Waals surface area (Å²) in [6.07, 6.45) is 16.2. The molecule has 0 aromatic rings. The molecule has 0 fully saturated rings. The molecule has 0 heterocycles. The first-order chi connectivity index (χ1) is 12.4. The summed E-state index contributed by atoms with van der Waals surface area (Å²) in [6.45, 7) is 10.3. The van der Waals surface area contributed by atoms with Gasteiger partial charge in [-0.05, 0) is 70.7 Å². The van der Waals surface area contributed by atoms with Crippen LogP contribution in [0.15, 0.2) is 24.8 Å². The van der Waals surface area contributed by atoms with Gasteiger partial charge in [-0.15, -0.1) is 6.58 Å². The Hall–Kier alpha value is -1.31. The van der Waals surface area contributed by atoms with E-state index in [9.17, 15) is 4.79 Å². The van der Waals surface area contributed by atoms with E-state index in [1.807, 2.05) is 12.2 Å². The number of ether oxygens (including phenoxy) is 1. The molecule has 0 saturated carbocycles. The van der Waals surface area contributed by atoms with Crippen LogP contribution in [0.4, 0.5) is 0 Å². The second-order valence-corrected chi connectivity index (χ2v) is 12.0. The molecule has 0 aliphatic heterocycles. The van der Waals surface area contributed by atoms with E-state index >= 15 is 0 Å². The first-order valence-corrected chi connectivity index (χ1v) is 13.3. The summed E-state index contributed by atoms with van der Waals surface area (Å²) in [4.78, 5) is 11.1. The summed E-state index contributed by atoms with van der Waals surface area (Å²) >= 11 is 0. The van der Waals surface area contributed by atoms with Gasteiger partial charge in [-0.25, -0.2) is 0 Å². The quantitative estimate of drug-likeness (QED) is 0.122. The lowest BCUT2D eigenvalue weighted by Crippen LogP contribution is -2.31. The molecule has 3 nitrogen and oxygen atoms in total. The number of rotatable bonds is 14.